The summed E-state index contributed by atoms with van der Waals surface area (Å²) in [4.78, 5) is 11.9. The van der Waals surface area contributed by atoms with Crippen LogP contribution in [0.2, 0.25) is 10.0 Å². The molecular weight excluding hydrogens is 371 g/mol. The maximum Gasteiger partial charge on any atom is 0.243 e. The summed E-state index contributed by atoms with van der Waals surface area (Å²) in [6, 6.07) is 12.8. The number of sulfonamides is 1. The minimum Gasteiger partial charge on any atom is -0.358 e. The number of rotatable bonds is 6. The summed E-state index contributed by atoms with van der Waals surface area (Å²) in [6.45, 7) is -0.296. The van der Waals surface area contributed by atoms with Crippen molar-refractivity contribution in [1.29, 1.82) is 0 Å². The average molecular weight is 387 g/mol. The van der Waals surface area contributed by atoms with E-state index in [1.165, 1.54) is 19.2 Å². The Morgan fingerprint density at radius 3 is 2.33 bits per heavy atom. The van der Waals surface area contributed by atoms with E-state index in [4.69, 9.17) is 23.2 Å². The van der Waals surface area contributed by atoms with Crippen LogP contribution in [0, 0.1) is 0 Å². The molecule has 0 radical (unpaired) electrons. The smallest absolute Gasteiger partial charge is 0.243 e. The molecule has 0 aromatic heterocycles. The number of nitrogens with one attached hydrogen (secondary N) is 1. The van der Waals surface area contributed by atoms with Crippen molar-refractivity contribution in [3.8, 4) is 0 Å². The average Bonchev–Trinajstić information content (AvgIpc) is 2.58. The molecule has 8 heteroatoms. The second-order valence-corrected chi connectivity index (χ2v) is 7.76. The summed E-state index contributed by atoms with van der Waals surface area (Å²) in [5.74, 6) is -0.408. The molecule has 0 fully saturated rings. The third kappa shape index (κ3) is 4.48. The van der Waals surface area contributed by atoms with Gasteiger partial charge in [0, 0.05) is 13.6 Å². The van der Waals surface area contributed by atoms with E-state index in [0.717, 1.165) is 4.31 Å². The number of hydrogen-bond acceptors (Lipinski definition) is 3. The predicted octanol–water partition coefficient (Wildman–Crippen LogP) is 2.93. The maximum absolute atomic E-state index is 12.8. The van der Waals surface area contributed by atoms with Crippen LogP contribution in [-0.2, 0) is 21.4 Å². The SMILES string of the molecule is CNC(=O)CN(Cc1ccc(Cl)c(Cl)c1)S(=O)(=O)c1ccccc1. The lowest BCUT2D eigenvalue weighted by Crippen LogP contribution is -2.39. The van der Waals surface area contributed by atoms with Gasteiger partial charge in [0.05, 0.1) is 21.5 Å². The third-order valence-corrected chi connectivity index (χ3v) is 5.87. The molecule has 128 valence electrons. The topological polar surface area (TPSA) is 66.5 Å². The Hall–Kier alpha value is -1.60. The van der Waals surface area contributed by atoms with E-state index < -0.39 is 15.9 Å². The van der Waals surface area contributed by atoms with Gasteiger partial charge in [-0.25, -0.2) is 8.42 Å². The predicted molar refractivity (Wildman–Crippen MR) is 94.6 cm³/mol. The maximum atomic E-state index is 12.8. The highest BCUT2D eigenvalue weighted by atomic mass is 35.5. The number of nitrogens with zero attached hydrogens (tertiary/aromatic N) is 1. The summed E-state index contributed by atoms with van der Waals surface area (Å²) in [5, 5.41) is 3.14. The molecule has 5 nitrogen and oxygen atoms in total. The first-order valence-electron chi connectivity index (χ1n) is 7.04. The molecule has 0 unspecified atom stereocenters. The lowest BCUT2D eigenvalue weighted by molar-refractivity contribution is -0.120. The number of halogens is 2. The Labute approximate surface area is 151 Å². The van der Waals surface area contributed by atoms with E-state index in [2.05, 4.69) is 5.32 Å². The monoisotopic (exact) mass is 386 g/mol. The fourth-order valence-electron chi connectivity index (χ4n) is 2.05. The van der Waals surface area contributed by atoms with Gasteiger partial charge in [-0.3, -0.25) is 4.79 Å². The summed E-state index contributed by atoms with van der Waals surface area (Å²) < 4.78 is 26.8. The Bertz CT molecular complexity index is 826. The van der Waals surface area contributed by atoms with Crippen molar-refractivity contribution in [2.24, 2.45) is 0 Å². The molecule has 0 spiro atoms. The zero-order valence-electron chi connectivity index (χ0n) is 12.9. The molecule has 0 bridgehead atoms. The highest BCUT2D eigenvalue weighted by Crippen LogP contribution is 2.25. The van der Waals surface area contributed by atoms with Crippen LogP contribution >= 0.6 is 23.2 Å². The van der Waals surface area contributed by atoms with E-state index in [9.17, 15) is 13.2 Å². The molecule has 0 saturated heterocycles. The van der Waals surface area contributed by atoms with Crippen molar-refractivity contribution < 1.29 is 13.2 Å². The molecule has 0 aliphatic rings. The Kier molecular flexibility index (Phi) is 6.23. The molecular formula is C16H16Cl2N2O3S. The van der Waals surface area contributed by atoms with Gasteiger partial charge in [0.2, 0.25) is 15.9 Å². The van der Waals surface area contributed by atoms with Gasteiger partial charge < -0.3 is 5.32 Å². The fraction of sp³-hybridized carbons (Fsp3) is 0.188. The second kappa shape index (κ2) is 7.98. The van der Waals surface area contributed by atoms with Crippen molar-refractivity contribution in [2.45, 2.75) is 11.4 Å². The van der Waals surface area contributed by atoms with Gasteiger partial charge in [-0.15, -0.1) is 0 Å². The minimum atomic E-state index is -3.83. The van der Waals surface area contributed by atoms with Crippen molar-refractivity contribution >= 4 is 39.1 Å². The number of carbonyl (C=O) groups is 1. The summed E-state index contributed by atoms with van der Waals surface area (Å²) >= 11 is 11.9. The molecule has 2 aromatic carbocycles. The van der Waals surface area contributed by atoms with Crippen molar-refractivity contribution in [2.75, 3.05) is 13.6 Å². The zero-order valence-corrected chi connectivity index (χ0v) is 15.2. The highest BCUT2D eigenvalue weighted by molar-refractivity contribution is 7.89. The van der Waals surface area contributed by atoms with Gasteiger partial charge in [0.1, 0.15) is 0 Å². The summed E-state index contributed by atoms with van der Waals surface area (Å²) in [5.41, 5.74) is 0.632. The van der Waals surface area contributed by atoms with Gasteiger partial charge >= 0.3 is 0 Å². The molecule has 0 aliphatic heterocycles. The van der Waals surface area contributed by atoms with E-state index in [-0.39, 0.29) is 18.0 Å². The number of hydrogen-bond donors (Lipinski definition) is 1. The van der Waals surface area contributed by atoms with Crippen molar-refractivity contribution in [3.63, 3.8) is 0 Å². The number of amides is 1. The lowest BCUT2D eigenvalue weighted by Gasteiger charge is -2.21. The van der Waals surface area contributed by atoms with Crippen LogP contribution in [0.25, 0.3) is 0 Å². The van der Waals surface area contributed by atoms with Gasteiger partial charge in [0.25, 0.3) is 0 Å². The van der Waals surface area contributed by atoms with Crippen molar-refractivity contribution in [3.05, 3.63) is 64.1 Å². The second-order valence-electron chi connectivity index (χ2n) is 5.01. The quantitative estimate of drug-likeness (QED) is 0.829. The fourth-order valence-corrected chi connectivity index (χ4v) is 3.77. The first-order valence-corrected chi connectivity index (χ1v) is 9.24. The third-order valence-electron chi connectivity index (χ3n) is 3.32. The van der Waals surface area contributed by atoms with Gasteiger partial charge in [-0.05, 0) is 29.8 Å². The van der Waals surface area contributed by atoms with Crippen LogP contribution in [0.1, 0.15) is 5.56 Å². The van der Waals surface area contributed by atoms with Gasteiger partial charge in [-0.2, -0.15) is 4.31 Å². The van der Waals surface area contributed by atoms with Crippen LogP contribution in [0.3, 0.4) is 0 Å². The molecule has 1 N–H and O–H groups in total. The number of likely N-dealkylation sites (N-methyl/N-ethyl adjacent to an activating group) is 1. The first-order chi connectivity index (χ1) is 11.3. The first kappa shape index (κ1) is 18.7. The normalized spacial score (nSPS) is 11.5. The van der Waals surface area contributed by atoms with E-state index >= 15 is 0 Å². The van der Waals surface area contributed by atoms with Crippen LogP contribution < -0.4 is 5.32 Å². The van der Waals surface area contributed by atoms with E-state index in [1.807, 2.05) is 0 Å². The summed E-state index contributed by atoms with van der Waals surface area (Å²) in [6.07, 6.45) is 0. The lowest BCUT2D eigenvalue weighted by atomic mass is 10.2. The van der Waals surface area contributed by atoms with E-state index in [1.54, 1.807) is 36.4 Å². The largest absolute Gasteiger partial charge is 0.358 e. The number of carbonyl (C=O) groups excluding carboxylic acids is 1. The molecule has 2 rings (SSSR count). The Morgan fingerprint density at radius 1 is 1.08 bits per heavy atom. The zero-order chi connectivity index (χ0) is 17.7. The van der Waals surface area contributed by atoms with E-state index in [0.29, 0.717) is 15.6 Å². The molecule has 0 heterocycles. The van der Waals surface area contributed by atoms with Gasteiger partial charge in [-0.1, -0.05) is 47.5 Å². The molecule has 0 aliphatic carbocycles. The molecule has 0 atom stereocenters. The molecule has 1 amide bonds. The Morgan fingerprint density at radius 2 is 1.75 bits per heavy atom. The van der Waals surface area contributed by atoms with Crippen LogP contribution in [0.4, 0.5) is 0 Å². The molecule has 24 heavy (non-hydrogen) atoms. The van der Waals surface area contributed by atoms with Crippen LogP contribution in [0.15, 0.2) is 53.4 Å². The standard InChI is InChI=1S/C16H16Cl2N2O3S/c1-19-16(21)11-20(10-12-7-8-14(17)15(18)9-12)24(22,23)13-5-3-2-4-6-13/h2-9H,10-11H2,1H3,(H,19,21). The van der Waals surface area contributed by atoms with Crippen LogP contribution in [-0.4, -0.2) is 32.2 Å². The van der Waals surface area contributed by atoms with Crippen LogP contribution in [0.5, 0.6) is 0 Å². The van der Waals surface area contributed by atoms with Gasteiger partial charge in [0.15, 0.2) is 0 Å². The molecule has 2 aromatic rings. The number of benzene rings is 2. The minimum absolute atomic E-state index is 0.00152. The highest BCUT2D eigenvalue weighted by Gasteiger charge is 2.26. The summed E-state index contributed by atoms with van der Waals surface area (Å²) in [7, 11) is -2.38. The molecule has 0 saturated carbocycles. The van der Waals surface area contributed by atoms with Crippen molar-refractivity contribution in [1.82, 2.24) is 9.62 Å². The Balaban J connectivity index is 2.37.